The molecule has 2 aromatic rings. The molecule has 0 saturated heterocycles. The number of carbonyl (C=O) groups excluding carboxylic acids is 1. The first-order valence-corrected chi connectivity index (χ1v) is 17.1. The van der Waals surface area contributed by atoms with Crippen molar-refractivity contribution < 1.29 is 18.7 Å². The van der Waals surface area contributed by atoms with Gasteiger partial charge in [0.2, 0.25) is 0 Å². The minimum Gasteiger partial charge on any atom is -0.482 e. The minimum atomic E-state index is -0.409. The Hall–Kier alpha value is -2.56. The van der Waals surface area contributed by atoms with Crippen molar-refractivity contribution in [3.63, 3.8) is 0 Å². The first kappa shape index (κ1) is 30.5. The van der Waals surface area contributed by atoms with E-state index in [4.69, 9.17) is 13.9 Å². The van der Waals surface area contributed by atoms with Crippen molar-refractivity contribution in [2.75, 3.05) is 6.61 Å². The second-order valence-corrected chi connectivity index (χ2v) is 15.4. The van der Waals surface area contributed by atoms with E-state index in [1.807, 2.05) is 6.07 Å². The average Bonchev–Trinajstić information content (AvgIpc) is 3.33. The summed E-state index contributed by atoms with van der Waals surface area (Å²) in [6.45, 7) is 12.3. The Labute approximate surface area is 257 Å². The van der Waals surface area contributed by atoms with Crippen LogP contribution in [0.3, 0.4) is 0 Å². The van der Waals surface area contributed by atoms with Crippen LogP contribution >= 0.6 is 0 Å². The number of ether oxygens (including phenoxy) is 2. The molecule has 5 heteroatoms. The summed E-state index contributed by atoms with van der Waals surface area (Å²) in [5, 5.41) is 0.810. The summed E-state index contributed by atoms with van der Waals surface area (Å²) >= 11 is 0. The van der Waals surface area contributed by atoms with E-state index in [2.05, 4.69) is 40.7 Å². The maximum Gasteiger partial charge on any atom is 0.344 e. The molecule has 0 amide bonds. The summed E-state index contributed by atoms with van der Waals surface area (Å²) in [4.78, 5) is 24.3. The van der Waals surface area contributed by atoms with Crippen molar-refractivity contribution >= 4 is 16.9 Å². The van der Waals surface area contributed by atoms with Crippen LogP contribution in [0.15, 0.2) is 51.2 Å². The van der Waals surface area contributed by atoms with E-state index in [1.54, 1.807) is 18.2 Å². The van der Waals surface area contributed by atoms with Gasteiger partial charge in [0.25, 0.3) is 0 Å². The zero-order chi connectivity index (χ0) is 30.4. The number of esters is 1. The molecule has 0 aliphatic heterocycles. The van der Waals surface area contributed by atoms with Crippen molar-refractivity contribution in [2.45, 2.75) is 111 Å². The molecule has 4 aliphatic rings. The standard InChI is InChI=1S/C38H52O5/c1-24(2)7-6-8-25(3)31-14-15-32-30-13-11-27-21-29(17-19-37(27,4)33(30)18-20-38(31,32)5)42-36(40)23-41-28-12-9-26-10-16-35(39)43-34(26)22-28/h9-12,16,22,24-25,29-33H,6-8,13-15,17-21,23H2,1-5H3/t25-,29+,30+,31-,32+,33+,37+,38-/m1/s1. The lowest BCUT2D eigenvalue weighted by Gasteiger charge is -2.58. The number of benzene rings is 1. The van der Waals surface area contributed by atoms with Crippen LogP contribution in [0.25, 0.3) is 11.0 Å². The van der Waals surface area contributed by atoms with Crippen LogP contribution < -0.4 is 10.4 Å². The Morgan fingerprint density at radius 3 is 2.63 bits per heavy atom. The van der Waals surface area contributed by atoms with Gasteiger partial charge in [0.15, 0.2) is 6.61 Å². The van der Waals surface area contributed by atoms with Crippen LogP contribution in [0, 0.1) is 46.3 Å². The van der Waals surface area contributed by atoms with Gasteiger partial charge in [-0.2, -0.15) is 0 Å². The van der Waals surface area contributed by atoms with Crippen molar-refractivity contribution in [3.05, 3.63) is 52.4 Å². The molecule has 1 aromatic carbocycles. The molecule has 0 radical (unpaired) electrons. The Balaban J connectivity index is 1.05. The number of hydrogen-bond acceptors (Lipinski definition) is 5. The van der Waals surface area contributed by atoms with Crippen LogP contribution in [0.4, 0.5) is 0 Å². The summed E-state index contributed by atoms with van der Waals surface area (Å²) in [5.74, 6) is 5.10. The molecule has 0 unspecified atom stereocenters. The zero-order valence-corrected chi connectivity index (χ0v) is 27.0. The van der Waals surface area contributed by atoms with Crippen LogP contribution in [-0.2, 0) is 9.53 Å². The molecule has 1 heterocycles. The van der Waals surface area contributed by atoms with Crippen molar-refractivity contribution in [1.29, 1.82) is 0 Å². The van der Waals surface area contributed by atoms with Gasteiger partial charge in [0.1, 0.15) is 17.4 Å². The third-order valence-electron chi connectivity index (χ3n) is 12.5. The lowest BCUT2D eigenvalue weighted by atomic mass is 9.47. The highest BCUT2D eigenvalue weighted by Crippen LogP contribution is 2.67. The van der Waals surface area contributed by atoms with Crippen molar-refractivity contribution in [3.8, 4) is 5.75 Å². The maximum absolute atomic E-state index is 12.8. The van der Waals surface area contributed by atoms with Crippen LogP contribution in [0.1, 0.15) is 105 Å². The van der Waals surface area contributed by atoms with Crippen molar-refractivity contribution in [2.24, 2.45) is 46.3 Å². The summed E-state index contributed by atoms with van der Waals surface area (Å²) in [7, 11) is 0. The molecular weight excluding hydrogens is 536 g/mol. The molecule has 1 aromatic heterocycles. The quantitative estimate of drug-likeness (QED) is 0.166. The number of hydrogen-bond donors (Lipinski definition) is 0. The van der Waals surface area contributed by atoms with E-state index in [0.717, 1.165) is 60.2 Å². The topological polar surface area (TPSA) is 65.7 Å². The van der Waals surface area contributed by atoms with E-state index in [1.165, 1.54) is 63.0 Å². The maximum atomic E-state index is 12.8. The number of allylic oxidation sites excluding steroid dienone is 1. The largest absolute Gasteiger partial charge is 0.482 e. The molecule has 8 atom stereocenters. The predicted octanol–water partition coefficient (Wildman–Crippen LogP) is 9.13. The van der Waals surface area contributed by atoms with Crippen LogP contribution in [-0.4, -0.2) is 18.7 Å². The monoisotopic (exact) mass is 588 g/mol. The first-order valence-electron chi connectivity index (χ1n) is 17.1. The fraction of sp³-hybridized carbons (Fsp3) is 0.684. The van der Waals surface area contributed by atoms with Gasteiger partial charge in [-0.15, -0.1) is 0 Å². The Morgan fingerprint density at radius 1 is 1.00 bits per heavy atom. The molecule has 4 aliphatic carbocycles. The fourth-order valence-electron chi connectivity index (χ4n) is 10.2. The molecule has 3 saturated carbocycles. The average molecular weight is 589 g/mol. The Morgan fingerprint density at radius 2 is 1.81 bits per heavy atom. The lowest BCUT2D eigenvalue weighted by molar-refractivity contribution is -0.153. The second-order valence-electron chi connectivity index (χ2n) is 15.4. The van der Waals surface area contributed by atoms with E-state index in [9.17, 15) is 9.59 Å². The summed E-state index contributed by atoms with van der Waals surface area (Å²) in [5.41, 5.74) is 2.31. The zero-order valence-electron chi connectivity index (χ0n) is 27.0. The highest BCUT2D eigenvalue weighted by molar-refractivity contribution is 5.78. The molecular formula is C38H52O5. The van der Waals surface area contributed by atoms with E-state index >= 15 is 0 Å². The van der Waals surface area contributed by atoms with Crippen LogP contribution in [0.5, 0.6) is 5.75 Å². The van der Waals surface area contributed by atoms with E-state index < -0.39 is 5.63 Å². The van der Waals surface area contributed by atoms with Gasteiger partial charge in [-0.25, -0.2) is 9.59 Å². The van der Waals surface area contributed by atoms with Crippen LogP contribution in [0.2, 0.25) is 0 Å². The second kappa shape index (κ2) is 12.1. The Kier molecular flexibility index (Phi) is 8.56. The summed E-state index contributed by atoms with van der Waals surface area (Å²) in [6, 6.07) is 8.35. The van der Waals surface area contributed by atoms with Gasteiger partial charge in [-0.05, 0) is 109 Å². The smallest absolute Gasteiger partial charge is 0.344 e. The third-order valence-corrected chi connectivity index (χ3v) is 12.5. The highest BCUT2D eigenvalue weighted by Gasteiger charge is 2.59. The van der Waals surface area contributed by atoms with Crippen molar-refractivity contribution in [1.82, 2.24) is 0 Å². The van der Waals surface area contributed by atoms with Gasteiger partial charge in [-0.1, -0.05) is 65.5 Å². The number of carbonyl (C=O) groups is 1. The number of rotatable bonds is 9. The molecule has 3 fully saturated rings. The summed E-state index contributed by atoms with van der Waals surface area (Å²) < 4.78 is 16.9. The molecule has 0 spiro atoms. The SMILES string of the molecule is CC(C)CCC[C@@H](C)[C@H]1CC[C@H]2[C@@H]3CC=C4C[C@@H](OC(=O)COc5ccc6ccc(=O)oc6c5)CC[C@]4(C)[C@H]3CC[C@]12C. The van der Waals surface area contributed by atoms with Gasteiger partial charge in [-0.3, -0.25) is 0 Å². The van der Waals surface area contributed by atoms with E-state index in [0.29, 0.717) is 16.7 Å². The highest BCUT2D eigenvalue weighted by atomic mass is 16.6. The molecule has 0 N–H and O–H groups in total. The third kappa shape index (κ3) is 5.94. The summed E-state index contributed by atoms with van der Waals surface area (Å²) in [6.07, 6.45) is 16.3. The lowest BCUT2D eigenvalue weighted by Crippen LogP contribution is -2.51. The fourth-order valence-corrected chi connectivity index (χ4v) is 10.2. The van der Waals surface area contributed by atoms with Gasteiger partial charge >= 0.3 is 11.6 Å². The molecule has 234 valence electrons. The van der Waals surface area contributed by atoms with E-state index in [-0.39, 0.29) is 24.1 Å². The van der Waals surface area contributed by atoms with Gasteiger partial charge in [0, 0.05) is 23.9 Å². The first-order chi connectivity index (χ1) is 20.6. The number of fused-ring (bicyclic) bond motifs is 6. The van der Waals surface area contributed by atoms with Gasteiger partial charge in [0.05, 0.1) is 0 Å². The molecule has 0 bridgehead atoms. The van der Waals surface area contributed by atoms with Gasteiger partial charge < -0.3 is 13.9 Å². The minimum absolute atomic E-state index is 0.0852. The predicted molar refractivity (Wildman–Crippen MR) is 171 cm³/mol. The Bertz CT molecular complexity index is 1400. The molecule has 5 nitrogen and oxygen atoms in total. The normalized spacial score (nSPS) is 34.2. The molecule has 43 heavy (non-hydrogen) atoms. The molecule has 6 rings (SSSR count).